The smallest absolute Gasteiger partial charge is 0.00314 e. The molecule has 0 atom stereocenters. The molecule has 0 bridgehead atoms. The number of piperidine rings is 1. The van der Waals surface area contributed by atoms with E-state index in [4.69, 9.17) is 0 Å². The molecular formula is C9H18BrN. The standard InChI is InChI=1S/C9H18BrN/c1-11-7-4-9(5-8-11)3-2-6-10/h9H,2-8H2,1H3. The molecule has 1 rings (SSSR count). The van der Waals surface area contributed by atoms with Gasteiger partial charge in [-0.25, -0.2) is 0 Å². The summed E-state index contributed by atoms with van der Waals surface area (Å²) >= 11 is 3.48. The van der Waals surface area contributed by atoms with Crippen molar-refractivity contribution in [3.8, 4) is 0 Å². The number of halogens is 1. The van der Waals surface area contributed by atoms with Crippen LogP contribution in [0.3, 0.4) is 0 Å². The van der Waals surface area contributed by atoms with Crippen LogP contribution in [0.2, 0.25) is 0 Å². The molecule has 0 aromatic carbocycles. The summed E-state index contributed by atoms with van der Waals surface area (Å²) in [4.78, 5) is 2.44. The summed E-state index contributed by atoms with van der Waals surface area (Å²) in [6.45, 7) is 2.62. The van der Waals surface area contributed by atoms with Crippen LogP contribution < -0.4 is 0 Å². The van der Waals surface area contributed by atoms with E-state index in [2.05, 4.69) is 27.9 Å². The summed E-state index contributed by atoms with van der Waals surface area (Å²) in [7, 11) is 2.22. The third kappa shape index (κ3) is 3.57. The third-order valence-corrected chi connectivity index (χ3v) is 3.14. The molecule has 2 heteroatoms. The van der Waals surface area contributed by atoms with E-state index >= 15 is 0 Å². The number of likely N-dealkylation sites (tertiary alicyclic amines) is 1. The van der Waals surface area contributed by atoms with Crippen LogP contribution in [0, 0.1) is 5.92 Å². The number of nitrogens with zero attached hydrogens (tertiary/aromatic N) is 1. The van der Waals surface area contributed by atoms with Crippen molar-refractivity contribution < 1.29 is 0 Å². The van der Waals surface area contributed by atoms with Gasteiger partial charge in [-0.1, -0.05) is 15.9 Å². The molecule has 0 unspecified atom stereocenters. The second-order valence-corrected chi connectivity index (χ2v) is 4.37. The van der Waals surface area contributed by atoms with Crippen molar-refractivity contribution in [2.24, 2.45) is 5.92 Å². The molecular weight excluding hydrogens is 202 g/mol. The first-order chi connectivity index (χ1) is 5.33. The molecule has 0 amide bonds. The first-order valence-electron chi connectivity index (χ1n) is 4.57. The van der Waals surface area contributed by atoms with Crippen LogP contribution in [0.4, 0.5) is 0 Å². The van der Waals surface area contributed by atoms with Gasteiger partial charge in [0.05, 0.1) is 0 Å². The van der Waals surface area contributed by atoms with E-state index in [1.165, 1.54) is 44.1 Å². The summed E-state index contributed by atoms with van der Waals surface area (Å²) in [6, 6.07) is 0. The average molecular weight is 220 g/mol. The van der Waals surface area contributed by atoms with Gasteiger partial charge in [0.25, 0.3) is 0 Å². The summed E-state index contributed by atoms with van der Waals surface area (Å²) in [6.07, 6.45) is 5.63. The van der Waals surface area contributed by atoms with Gasteiger partial charge in [0.15, 0.2) is 0 Å². The Morgan fingerprint density at radius 3 is 2.55 bits per heavy atom. The molecule has 0 aromatic rings. The number of hydrogen-bond acceptors (Lipinski definition) is 1. The van der Waals surface area contributed by atoms with Gasteiger partial charge >= 0.3 is 0 Å². The predicted octanol–water partition coefficient (Wildman–Crippen LogP) is 2.50. The second kappa shape index (κ2) is 5.15. The lowest BCUT2D eigenvalue weighted by Crippen LogP contribution is -2.30. The van der Waals surface area contributed by atoms with Crippen molar-refractivity contribution in [1.29, 1.82) is 0 Å². The molecule has 0 saturated carbocycles. The van der Waals surface area contributed by atoms with Crippen LogP contribution >= 0.6 is 15.9 Å². The summed E-state index contributed by atoms with van der Waals surface area (Å²) in [5.41, 5.74) is 0. The van der Waals surface area contributed by atoms with Gasteiger partial charge in [0.1, 0.15) is 0 Å². The van der Waals surface area contributed by atoms with E-state index in [0.717, 1.165) is 5.92 Å². The maximum atomic E-state index is 3.48. The van der Waals surface area contributed by atoms with Crippen molar-refractivity contribution in [2.45, 2.75) is 25.7 Å². The molecule has 1 heterocycles. The predicted molar refractivity (Wildman–Crippen MR) is 53.2 cm³/mol. The van der Waals surface area contributed by atoms with Crippen LogP contribution in [0.15, 0.2) is 0 Å². The van der Waals surface area contributed by atoms with Gasteiger partial charge in [-0.05, 0) is 51.7 Å². The van der Waals surface area contributed by atoms with Gasteiger partial charge in [-0.3, -0.25) is 0 Å². The maximum Gasteiger partial charge on any atom is 0.00314 e. The van der Waals surface area contributed by atoms with Crippen LogP contribution in [-0.4, -0.2) is 30.4 Å². The minimum atomic E-state index is 1.02. The highest BCUT2D eigenvalue weighted by Crippen LogP contribution is 2.20. The van der Waals surface area contributed by atoms with Gasteiger partial charge in [0.2, 0.25) is 0 Å². The van der Waals surface area contributed by atoms with E-state index in [1.54, 1.807) is 0 Å². The van der Waals surface area contributed by atoms with Gasteiger partial charge in [-0.15, -0.1) is 0 Å². The van der Waals surface area contributed by atoms with E-state index in [0.29, 0.717) is 0 Å². The zero-order chi connectivity index (χ0) is 8.10. The number of alkyl halides is 1. The SMILES string of the molecule is CN1CCC(CCCBr)CC1. The fourth-order valence-corrected chi connectivity index (χ4v) is 2.04. The molecule has 0 aliphatic carbocycles. The van der Waals surface area contributed by atoms with Gasteiger partial charge in [-0.2, -0.15) is 0 Å². The van der Waals surface area contributed by atoms with E-state index in [9.17, 15) is 0 Å². The van der Waals surface area contributed by atoms with Crippen LogP contribution in [0.25, 0.3) is 0 Å². The first kappa shape index (κ1) is 9.53. The lowest BCUT2D eigenvalue weighted by Gasteiger charge is -2.28. The van der Waals surface area contributed by atoms with Crippen molar-refractivity contribution in [2.75, 3.05) is 25.5 Å². The van der Waals surface area contributed by atoms with Crippen LogP contribution in [-0.2, 0) is 0 Å². The van der Waals surface area contributed by atoms with Crippen molar-refractivity contribution in [3.05, 3.63) is 0 Å². The Kier molecular flexibility index (Phi) is 4.46. The molecule has 0 spiro atoms. The second-order valence-electron chi connectivity index (χ2n) is 3.58. The minimum Gasteiger partial charge on any atom is -0.306 e. The molecule has 1 fully saturated rings. The van der Waals surface area contributed by atoms with E-state index in [1.807, 2.05) is 0 Å². The molecule has 1 aliphatic heterocycles. The fraction of sp³-hybridized carbons (Fsp3) is 1.00. The first-order valence-corrected chi connectivity index (χ1v) is 5.69. The summed E-state index contributed by atoms with van der Waals surface area (Å²) < 4.78 is 0. The minimum absolute atomic E-state index is 1.02. The number of hydrogen-bond donors (Lipinski definition) is 0. The van der Waals surface area contributed by atoms with Gasteiger partial charge in [0, 0.05) is 5.33 Å². The largest absolute Gasteiger partial charge is 0.306 e. The zero-order valence-corrected chi connectivity index (χ0v) is 8.94. The van der Waals surface area contributed by atoms with Crippen molar-refractivity contribution in [3.63, 3.8) is 0 Å². The van der Waals surface area contributed by atoms with E-state index < -0.39 is 0 Å². The van der Waals surface area contributed by atoms with Crippen molar-refractivity contribution in [1.82, 2.24) is 4.90 Å². The highest BCUT2D eigenvalue weighted by molar-refractivity contribution is 9.09. The Morgan fingerprint density at radius 2 is 2.00 bits per heavy atom. The molecule has 1 aliphatic rings. The summed E-state index contributed by atoms with van der Waals surface area (Å²) in [5, 5.41) is 1.18. The van der Waals surface area contributed by atoms with Crippen LogP contribution in [0.1, 0.15) is 25.7 Å². The Hall–Kier alpha value is 0.440. The molecule has 66 valence electrons. The lowest BCUT2D eigenvalue weighted by molar-refractivity contribution is 0.212. The number of rotatable bonds is 3. The lowest BCUT2D eigenvalue weighted by atomic mass is 9.93. The molecule has 1 nitrogen and oxygen atoms in total. The fourth-order valence-electron chi connectivity index (χ4n) is 1.72. The van der Waals surface area contributed by atoms with Gasteiger partial charge < -0.3 is 4.90 Å². The Labute approximate surface area is 78.3 Å². The normalized spacial score (nSPS) is 22.4. The van der Waals surface area contributed by atoms with Crippen LogP contribution in [0.5, 0.6) is 0 Å². The Bertz CT molecular complexity index is 95.0. The highest BCUT2D eigenvalue weighted by atomic mass is 79.9. The topological polar surface area (TPSA) is 3.24 Å². The quantitative estimate of drug-likeness (QED) is 0.660. The Morgan fingerprint density at radius 1 is 1.36 bits per heavy atom. The molecule has 0 radical (unpaired) electrons. The molecule has 0 N–H and O–H groups in total. The van der Waals surface area contributed by atoms with E-state index in [-0.39, 0.29) is 0 Å². The third-order valence-electron chi connectivity index (χ3n) is 2.58. The monoisotopic (exact) mass is 219 g/mol. The average Bonchev–Trinajstić information content (AvgIpc) is 2.04. The summed E-state index contributed by atoms with van der Waals surface area (Å²) in [5.74, 6) is 1.02. The van der Waals surface area contributed by atoms with Crippen molar-refractivity contribution >= 4 is 15.9 Å². The molecule has 0 aromatic heterocycles. The molecule has 11 heavy (non-hydrogen) atoms. The Balaban J connectivity index is 2.07. The highest BCUT2D eigenvalue weighted by Gasteiger charge is 2.15. The zero-order valence-electron chi connectivity index (χ0n) is 7.35. The molecule has 1 saturated heterocycles. The maximum absolute atomic E-state index is 3.48.